The van der Waals surface area contributed by atoms with Crippen LogP contribution >= 0.6 is 0 Å². The molecule has 0 fully saturated rings. The summed E-state index contributed by atoms with van der Waals surface area (Å²) in [5.41, 5.74) is 2.97. The molecular formula is C22H19N3O2. The Morgan fingerprint density at radius 2 is 1.81 bits per heavy atom. The first-order valence-electron chi connectivity index (χ1n) is 8.53. The first-order valence-corrected chi connectivity index (χ1v) is 8.53. The minimum absolute atomic E-state index is 0.113. The minimum atomic E-state index is -0.408. The normalized spacial score (nSPS) is 10.7. The number of aromatic nitrogens is 1. The molecule has 3 rings (SSSR count). The summed E-state index contributed by atoms with van der Waals surface area (Å²) in [5.74, 6) is 0.756. The second kappa shape index (κ2) is 8.15. The van der Waals surface area contributed by atoms with Crippen molar-refractivity contribution in [1.82, 2.24) is 4.68 Å². The fraction of sp³-hybridized carbons (Fsp3) is 0.136. The number of nitriles is 1. The predicted octanol–water partition coefficient (Wildman–Crippen LogP) is 3.80. The molecule has 0 aliphatic heterocycles. The van der Waals surface area contributed by atoms with Gasteiger partial charge in [-0.15, -0.1) is 0 Å². The Morgan fingerprint density at radius 1 is 1.11 bits per heavy atom. The highest BCUT2D eigenvalue weighted by Crippen LogP contribution is 2.13. The molecule has 2 aromatic carbocycles. The fourth-order valence-corrected chi connectivity index (χ4v) is 2.68. The molecule has 0 aliphatic rings. The van der Waals surface area contributed by atoms with Gasteiger partial charge in [-0.3, -0.25) is 4.79 Å². The van der Waals surface area contributed by atoms with Crippen molar-refractivity contribution in [1.29, 1.82) is 5.26 Å². The number of rotatable bonds is 5. The third-order valence-corrected chi connectivity index (χ3v) is 4.12. The van der Waals surface area contributed by atoms with Gasteiger partial charge in [0.1, 0.15) is 24.0 Å². The lowest BCUT2D eigenvalue weighted by Gasteiger charge is -2.07. The van der Waals surface area contributed by atoms with Gasteiger partial charge in [0.05, 0.1) is 6.21 Å². The summed E-state index contributed by atoms with van der Waals surface area (Å²) in [6, 6.07) is 21.1. The van der Waals surface area contributed by atoms with Crippen molar-refractivity contribution in [3.05, 3.63) is 99.0 Å². The van der Waals surface area contributed by atoms with Crippen molar-refractivity contribution in [3.8, 4) is 11.8 Å². The van der Waals surface area contributed by atoms with Gasteiger partial charge in [0.2, 0.25) is 0 Å². The summed E-state index contributed by atoms with van der Waals surface area (Å²) in [6.45, 7) is 4.03. The van der Waals surface area contributed by atoms with Gasteiger partial charge < -0.3 is 4.74 Å². The number of aryl methyl sites for hydroxylation is 2. The van der Waals surface area contributed by atoms with Crippen LogP contribution in [0.2, 0.25) is 0 Å². The summed E-state index contributed by atoms with van der Waals surface area (Å²) >= 11 is 0. The number of hydrogen-bond acceptors (Lipinski definition) is 4. The molecule has 0 bridgehead atoms. The largest absolute Gasteiger partial charge is 0.489 e. The van der Waals surface area contributed by atoms with Gasteiger partial charge in [0.15, 0.2) is 0 Å². The zero-order chi connectivity index (χ0) is 19.2. The van der Waals surface area contributed by atoms with E-state index in [0.717, 1.165) is 16.9 Å². The lowest BCUT2D eigenvalue weighted by atomic mass is 10.1. The summed E-state index contributed by atoms with van der Waals surface area (Å²) in [5, 5.41) is 13.4. The molecule has 27 heavy (non-hydrogen) atoms. The van der Waals surface area contributed by atoms with E-state index < -0.39 is 5.56 Å². The summed E-state index contributed by atoms with van der Waals surface area (Å²) in [6.07, 6.45) is 1.59. The summed E-state index contributed by atoms with van der Waals surface area (Å²) in [7, 11) is 0. The molecule has 1 aromatic heterocycles. The third kappa shape index (κ3) is 4.31. The van der Waals surface area contributed by atoms with E-state index in [4.69, 9.17) is 10.00 Å². The van der Waals surface area contributed by atoms with Crippen LogP contribution in [0.15, 0.2) is 70.6 Å². The van der Waals surface area contributed by atoms with Crippen molar-refractivity contribution in [3.63, 3.8) is 0 Å². The van der Waals surface area contributed by atoms with Gasteiger partial charge >= 0.3 is 0 Å². The Balaban J connectivity index is 1.74. The molecule has 0 aliphatic carbocycles. The molecule has 134 valence electrons. The minimum Gasteiger partial charge on any atom is -0.489 e. The lowest BCUT2D eigenvalue weighted by Crippen LogP contribution is -2.22. The van der Waals surface area contributed by atoms with E-state index >= 15 is 0 Å². The molecule has 0 N–H and O–H groups in total. The smallest absolute Gasteiger partial charge is 0.289 e. The quantitative estimate of drug-likeness (QED) is 0.652. The number of pyridine rings is 1. The first kappa shape index (κ1) is 18.2. The maximum absolute atomic E-state index is 12.3. The third-order valence-electron chi connectivity index (χ3n) is 4.12. The lowest BCUT2D eigenvalue weighted by molar-refractivity contribution is 0.306. The molecule has 5 nitrogen and oxygen atoms in total. The Bertz CT molecular complexity index is 1060. The Morgan fingerprint density at radius 3 is 2.48 bits per heavy atom. The number of ether oxygens (including phenoxy) is 1. The van der Waals surface area contributed by atoms with E-state index in [9.17, 15) is 4.79 Å². The van der Waals surface area contributed by atoms with Crippen LogP contribution < -0.4 is 10.3 Å². The van der Waals surface area contributed by atoms with Crippen LogP contribution in [0.25, 0.3) is 0 Å². The number of nitrogens with zero attached hydrogens (tertiary/aromatic N) is 3. The van der Waals surface area contributed by atoms with Crippen molar-refractivity contribution in [2.45, 2.75) is 20.5 Å². The van der Waals surface area contributed by atoms with Crippen LogP contribution in [0.3, 0.4) is 0 Å². The molecule has 0 saturated heterocycles. The van der Waals surface area contributed by atoms with Crippen molar-refractivity contribution in [2.75, 3.05) is 0 Å². The molecular weight excluding hydrogens is 338 g/mol. The topological polar surface area (TPSA) is 67.4 Å². The molecule has 0 saturated carbocycles. The summed E-state index contributed by atoms with van der Waals surface area (Å²) < 4.78 is 7.00. The predicted molar refractivity (Wildman–Crippen MR) is 105 cm³/mol. The van der Waals surface area contributed by atoms with Gasteiger partial charge in [-0.05, 0) is 60.9 Å². The van der Waals surface area contributed by atoms with E-state index in [0.29, 0.717) is 17.9 Å². The van der Waals surface area contributed by atoms with E-state index in [1.165, 1.54) is 4.68 Å². The molecule has 3 aromatic rings. The van der Waals surface area contributed by atoms with Gasteiger partial charge in [-0.2, -0.15) is 10.4 Å². The van der Waals surface area contributed by atoms with Gasteiger partial charge in [0, 0.05) is 5.69 Å². The average molecular weight is 357 g/mol. The fourth-order valence-electron chi connectivity index (χ4n) is 2.68. The maximum Gasteiger partial charge on any atom is 0.289 e. The molecule has 1 heterocycles. The molecule has 0 radical (unpaired) electrons. The Labute approximate surface area is 157 Å². The molecule has 0 atom stereocenters. The first-order chi connectivity index (χ1) is 13.1. The standard InChI is InChI=1S/C22H19N3O2/c1-16-12-17(2)25(22(26)21(16)13-23)24-14-18-8-10-20(11-9-18)27-15-19-6-4-3-5-7-19/h3-12,14H,15H2,1-2H3. The zero-order valence-electron chi connectivity index (χ0n) is 15.2. The summed E-state index contributed by atoms with van der Waals surface area (Å²) in [4.78, 5) is 12.3. The van der Waals surface area contributed by atoms with Crippen LogP contribution in [0, 0.1) is 25.2 Å². The van der Waals surface area contributed by atoms with E-state index in [-0.39, 0.29) is 5.56 Å². The van der Waals surface area contributed by atoms with Crippen LogP contribution in [-0.2, 0) is 6.61 Å². The highest BCUT2D eigenvalue weighted by Gasteiger charge is 2.08. The van der Waals surface area contributed by atoms with Crippen LogP contribution in [0.4, 0.5) is 0 Å². The van der Waals surface area contributed by atoms with E-state index in [2.05, 4.69) is 5.10 Å². The highest BCUT2D eigenvalue weighted by molar-refractivity contribution is 5.79. The number of hydrogen-bond donors (Lipinski definition) is 0. The highest BCUT2D eigenvalue weighted by atomic mass is 16.5. The van der Waals surface area contributed by atoms with E-state index in [1.54, 1.807) is 26.1 Å². The SMILES string of the molecule is Cc1cc(C)n(N=Cc2ccc(OCc3ccccc3)cc2)c(=O)c1C#N. The maximum atomic E-state index is 12.3. The van der Waals surface area contributed by atoms with Gasteiger partial charge in [-0.1, -0.05) is 30.3 Å². The Kier molecular flexibility index (Phi) is 5.48. The molecule has 0 unspecified atom stereocenters. The van der Waals surface area contributed by atoms with Crippen LogP contribution in [0.1, 0.15) is 27.9 Å². The second-order valence-electron chi connectivity index (χ2n) is 6.16. The van der Waals surface area contributed by atoms with Crippen molar-refractivity contribution < 1.29 is 4.74 Å². The van der Waals surface area contributed by atoms with Crippen molar-refractivity contribution in [2.24, 2.45) is 5.10 Å². The monoisotopic (exact) mass is 357 g/mol. The van der Waals surface area contributed by atoms with Gasteiger partial charge in [0.25, 0.3) is 5.56 Å². The van der Waals surface area contributed by atoms with Gasteiger partial charge in [-0.25, -0.2) is 4.68 Å². The van der Waals surface area contributed by atoms with E-state index in [1.807, 2.05) is 60.7 Å². The van der Waals surface area contributed by atoms with Crippen molar-refractivity contribution >= 4 is 6.21 Å². The second-order valence-corrected chi connectivity index (χ2v) is 6.16. The number of benzene rings is 2. The molecule has 5 heteroatoms. The van der Waals surface area contributed by atoms with Crippen LogP contribution in [-0.4, -0.2) is 10.9 Å². The Hall–Kier alpha value is -3.65. The zero-order valence-corrected chi connectivity index (χ0v) is 15.2. The molecule has 0 amide bonds. The molecule has 0 spiro atoms. The average Bonchev–Trinajstić information content (AvgIpc) is 2.68. The van der Waals surface area contributed by atoms with Crippen LogP contribution in [0.5, 0.6) is 5.75 Å².